The quantitative estimate of drug-likeness (QED) is 0.721. The largest absolute Gasteiger partial charge is 0.506 e. The number of fused-ring (bicyclic) bond motifs is 1. The van der Waals surface area contributed by atoms with E-state index in [1.54, 1.807) is 25.2 Å². The Morgan fingerprint density at radius 1 is 1.44 bits per heavy atom. The van der Waals surface area contributed by atoms with Crippen molar-refractivity contribution in [3.8, 4) is 11.8 Å². The maximum atomic E-state index is 11.7. The molecule has 0 atom stereocenters. The molecule has 0 fully saturated rings. The molecule has 2 rings (SSSR count). The first kappa shape index (κ1) is 10.2. The van der Waals surface area contributed by atoms with Gasteiger partial charge >= 0.3 is 0 Å². The van der Waals surface area contributed by atoms with Gasteiger partial charge in [0.25, 0.3) is 5.56 Å². The summed E-state index contributed by atoms with van der Waals surface area (Å²) in [5.74, 6) is -0.232. The second-order valence-electron chi connectivity index (χ2n) is 3.72. The van der Waals surface area contributed by atoms with Gasteiger partial charge in [-0.05, 0) is 19.1 Å². The van der Waals surface area contributed by atoms with Crippen molar-refractivity contribution in [1.29, 1.82) is 5.26 Å². The number of hydrogen-bond donors (Lipinski definition) is 1. The molecule has 0 radical (unpaired) electrons. The van der Waals surface area contributed by atoms with E-state index in [-0.39, 0.29) is 11.3 Å². The normalized spacial score (nSPS) is 10.3. The number of pyridine rings is 1. The van der Waals surface area contributed by atoms with E-state index >= 15 is 0 Å². The SMILES string of the molecule is Cc1ccc2c(c1)c(O)c(C#N)c(=O)n2C. The van der Waals surface area contributed by atoms with E-state index < -0.39 is 5.56 Å². The Balaban J connectivity index is 3.10. The molecule has 0 unspecified atom stereocenters. The van der Waals surface area contributed by atoms with E-state index in [0.29, 0.717) is 10.9 Å². The van der Waals surface area contributed by atoms with Gasteiger partial charge in [-0.25, -0.2) is 0 Å². The van der Waals surface area contributed by atoms with Gasteiger partial charge in [0.2, 0.25) is 0 Å². The second kappa shape index (κ2) is 3.38. The van der Waals surface area contributed by atoms with Crippen LogP contribution in [0.1, 0.15) is 11.1 Å². The lowest BCUT2D eigenvalue weighted by molar-refractivity contribution is 0.477. The highest BCUT2D eigenvalue weighted by atomic mass is 16.3. The lowest BCUT2D eigenvalue weighted by Crippen LogP contribution is -2.20. The van der Waals surface area contributed by atoms with Crippen molar-refractivity contribution in [2.24, 2.45) is 7.05 Å². The fraction of sp³-hybridized carbons (Fsp3) is 0.167. The molecule has 0 aliphatic heterocycles. The molecule has 16 heavy (non-hydrogen) atoms. The Morgan fingerprint density at radius 3 is 2.75 bits per heavy atom. The van der Waals surface area contributed by atoms with E-state index in [1.807, 2.05) is 13.0 Å². The summed E-state index contributed by atoms with van der Waals surface area (Å²) >= 11 is 0. The smallest absolute Gasteiger partial charge is 0.272 e. The third-order valence-corrected chi connectivity index (χ3v) is 2.64. The zero-order valence-corrected chi connectivity index (χ0v) is 8.98. The van der Waals surface area contributed by atoms with Crippen LogP contribution in [-0.4, -0.2) is 9.67 Å². The molecule has 1 N–H and O–H groups in total. The summed E-state index contributed by atoms with van der Waals surface area (Å²) in [6.45, 7) is 1.88. The fourth-order valence-electron chi connectivity index (χ4n) is 1.75. The Hall–Kier alpha value is -2.28. The minimum Gasteiger partial charge on any atom is -0.506 e. The number of aromatic hydroxyl groups is 1. The Bertz CT molecular complexity index is 678. The predicted octanol–water partition coefficient (Wildman–Crippen LogP) is 1.42. The topological polar surface area (TPSA) is 66.0 Å². The lowest BCUT2D eigenvalue weighted by atomic mass is 10.1. The number of hydrogen-bond acceptors (Lipinski definition) is 3. The highest BCUT2D eigenvalue weighted by Gasteiger charge is 2.13. The molecule has 80 valence electrons. The van der Waals surface area contributed by atoms with Crippen molar-refractivity contribution in [2.75, 3.05) is 0 Å². The zero-order chi connectivity index (χ0) is 11.9. The van der Waals surface area contributed by atoms with Crippen LogP contribution in [0.3, 0.4) is 0 Å². The third kappa shape index (κ3) is 1.26. The van der Waals surface area contributed by atoms with Crippen molar-refractivity contribution < 1.29 is 5.11 Å². The second-order valence-corrected chi connectivity index (χ2v) is 3.72. The summed E-state index contributed by atoms with van der Waals surface area (Å²) in [7, 11) is 1.58. The molecule has 2 aromatic rings. The van der Waals surface area contributed by atoms with Crippen LogP contribution in [0.4, 0.5) is 0 Å². The maximum Gasteiger partial charge on any atom is 0.272 e. The van der Waals surface area contributed by atoms with Crippen molar-refractivity contribution >= 4 is 10.9 Å². The summed E-state index contributed by atoms with van der Waals surface area (Å²) in [4.78, 5) is 11.7. The van der Waals surface area contributed by atoms with Crippen molar-refractivity contribution in [2.45, 2.75) is 6.92 Å². The van der Waals surface area contributed by atoms with Gasteiger partial charge in [-0.2, -0.15) is 5.26 Å². The standard InChI is InChI=1S/C12H10N2O2/c1-7-3-4-10-8(5-7)11(15)9(6-13)12(16)14(10)2/h3-5,15H,1-2H3. The van der Waals surface area contributed by atoms with Crippen LogP contribution in [0.5, 0.6) is 5.75 Å². The molecule has 1 heterocycles. The summed E-state index contributed by atoms with van der Waals surface area (Å²) in [5, 5.41) is 19.2. The molecule has 1 aromatic heterocycles. The number of aryl methyl sites for hydroxylation is 2. The summed E-state index contributed by atoms with van der Waals surface area (Å²) in [6, 6.07) is 7.10. The van der Waals surface area contributed by atoms with Crippen LogP contribution >= 0.6 is 0 Å². The fourth-order valence-corrected chi connectivity index (χ4v) is 1.75. The molecule has 4 nitrogen and oxygen atoms in total. The number of aromatic nitrogens is 1. The first-order valence-electron chi connectivity index (χ1n) is 4.78. The molecular weight excluding hydrogens is 204 g/mol. The Kier molecular flexibility index (Phi) is 2.17. The first-order chi connectivity index (χ1) is 7.56. The first-order valence-corrected chi connectivity index (χ1v) is 4.78. The molecule has 0 bridgehead atoms. The van der Waals surface area contributed by atoms with Crippen LogP contribution in [0.25, 0.3) is 10.9 Å². The van der Waals surface area contributed by atoms with Crippen LogP contribution < -0.4 is 5.56 Å². The average Bonchev–Trinajstić information content (AvgIpc) is 2.27. The van der Waals surface area contributed by atoms with Gasteiger partial charge in [0.15, 0.2) is 5.56 Å². The van der Waals surface area contributed by atoms with E-state index in [4.69, 9.17) is 5.26 Å². The zero-order valence-electron chi connectivity index (χ0n) is 8.98. The Labute approximate surface area is 92.0 Å². The van der Waals surface area contributed by atoms with Crippen molar-refractivity contribution in [3.63, 3.8) is 0 Å². The van der Waals surface area contributed by atoms with Crippen LogP contribution in [0.2, 0.25) is 0 Å². The molecule has 0 saturated heterocycles. The van der Waals surface area contributed by atoms with Gasteiger partial charge in [-0.3, -0.25) is 4.79 Å². The minimum atomic E-state index is -0.476. The Morgan fingerprint density at radius 2 is 2.12 bits per heavy atom. The summed E-state index contributed by atoms with van der Waals surface area (Å²) in [5.41, 5.74) is 0.898. The van der Waals surface area contributed by atoms with Gasteiger partial charge in [0.1, 0.15) is 11.8 Å². The number of benzene rings is 1. The van der Waals surface area contributed by atoms with Gasteiger partial charge in [-0.1, -0.05) is 11.6 Å². The van der Waals surface area contributed by atoms with E-state index in [2.05, 4.69) is 0 Å². The highest BCUT2D eigenvalue weighted by Crippen LogP contribution is 2.26. The predicted molar refractivity (Wildman–Crippen MR) is 60.3 cm³/mol. The summed E-state index contributed by atoms with van der Waals surface area (Å²) in [6.07, 6.45) is 0. The van der Waals surface area contributed by atoms with Crippen LogP contribution in [0.15, 0.2) is 23.0 Å². The molecule has 0 amide bonds. The van der Waals surface area contributed by atoms with Crippen LogP contribution in [-0.2, 0) is 7.05 Å². The lowest BCUT2D eigenvalue weighted by Gasteiger charge is -2.08. The van der Waals surface area contributed by atoms with Gasteiger partial charge in [0, 0.05) is 12.4 Å². The number of rotatable bonds is 0. The summed E-state index contributed by atoms with van der Waals surface area (Å²) < 4.78 is 1.37. The third-order valence-electron chi connectivity index (χ3n) is 2.64. The molecule has 0 aliphatic rings. The van der Waals surface area contributed by atoms with Crippen molar-refractivity contribution in [3.05, 3.63) is 39.7 Å². The van der Waals surface area contributed by atoms with E-state index in [1.165, 1.54) is 4.57 Å². The number of nitrogens with zero attached hydrogens (tertiary/aromatic N) is 2. The average molecular weight is 214 g/mol. The minimum absolute atomic E-state index is 0.208. The van der Waals surface area contributed by atoms with Gasteiger partial charge in [0.05, 0.1) is 5.52 Å². The van der Waals surface area contributed by atoms with Crippen LogP contribution in [0, 0.1) is 18.3 Å². The highest BCUT2D eigenvalue weighted by molar-refractivity contribution is 5.87. The molecule has 1 aromatic carbocycles. The molecule has 0 saturated carbocycles. The van der Waals surface area contributed by atoms with E-state index in [9.17, 15) is 9.90 Å². The molecule has 0 aliphatic carbocycles. The maximum absolute atomic E-state index is 11.7. The van der Waals surface area contributed by atoms with Gasteiger partial charge < -0.3 is 9.67 Å². The van der Waals surface area contributed by atoms with Gasteiger partial charge in [-0.15, -0.1) is 0 Å². The monoisotopic (exact) mass is 214 g/mol. The molecule has 0 spiro atoms. The number of nitriles is 1. The van der Waals surface area contributed by atoms with Crippen molar-refractivity contribution in [1.82, 2.24) is 4.57 Å². The van der Waals surface area contributed by atoms with E-state index in [0.717, 1.165) is 5.56 Å². The molecule has 4 heteroatoms. The molecular formula is C12H10N2O2.